The van der Waals surface area contributed by atoms with E-state index in [1.54, 1.807) is 7.05 Å². The summed E-state index contributed by atoms with van der Waals surface area (Å²) in [7, 11) is 1.55. The zero-order valence-corrected chi connectivity index (χ0v) is 24.0. The van der Waals surface area contributed by atoms with Crippen LogP contribution in [-0.2, 0) is 33.3 Å². The van der Waals surface area contributed by atoms with Crippen molar-refractivity contribution in [1.82, 2.24) is 5.32 Å². The van der Waals surface area contributed by atoms with E-state index in [1.807, 2.05) is 0 Å². The van der Waals surface area contributed by atoms with Crippen LogP contribution in [-0.4, -0.2) is 129 Å². The highest BCUT2D eigenvalue weighted by Crippen LogP contribution is 2.34. The van der Waals surface area contributed by atoms with Crippen molar-refractivity contribution in [3.05, 3.63) is 23.8 Å². The van der Waals surface area contributed by atoms with E-state index >= 15 is 0 Å². The molecular formula is C27H39F2N3O12. The average Bonchev–Trinajstić information content (AvgIpc) is 2.99. The van der Waals surface area contributed by atoms with Gasteiger partial charge in [-0.1, -0.05) is 5.92 Å². The van der Waals surface area contributed by atoms with Gasteiger partial charge in [0.05, 0.1) is 38.0 Å². The van der Waals surface area contributed by atoms with Crippen molar-refractivity contribution in [2.75, 3.05) is 58.6 Å². The number of aliphatic hydroxyl groups is 3. The molecule has 15 nitrogen and oxygen atoms in total. The third-order valence-corrected chi connectivity index (χ3v) is 5.80. The van der Waals surface area contributed by atoms with Crippen LogP contribution in [0.25, 0.3) is 0 Å². The molecule has 8 N–H and O–H groups in total. The number of nitrogens with two attached hydrogens (primary N) is 1. The Bertz CT molecular complexity index is 1060. The molecule has 1 heterocycles. The average molecular weight is 636 g/mol. The predicted octanol–water partition coefficient (Wildman–Crippen LogP) is -1.36. The highest BCUT2D eigenvalue weighted by molar-refractivity contribution is 5.95. The number of alkyl halides is 2. The van der Waals surface area contributed by atoms with Gasteiger partial charge >= 0.3 is 5.97 Å². The predicted molar refractivity (Wildman–Crippen MR) is 149 cm³/mol. The first-order valence-electron chi connectivity index (χ1n) is 13.3. The summed E-state index contributed by atoms with van der Waals surface area (Å²) in [5, 5.41) is 43.8. The van der Waals surface area contributed by atoms with Crippen LogP contribution >= 0.6 is 0 Å². The van der Waals surface area contributed by atoms with Crippen molar-refractivity contribution in [1.29, 1.82) is 0 Å². The van der Waals surface area contributed by atoms with Gasteiger partial charge in [0, 0.05) is 5.69 Å². The summed E-state index contributed by atoms with van der Waals surface area (Å²) in [6.07, 6.45) is -6.70. The van der Waals surface area contributed by atoms with Gasteiger partial charge in [0.2, 0.25) is 12.2 Å². The number of hydrogen-bond acceptors (Lipinski definition) is 13. The Labute approximate surface area is 252 Å². The van der Waals surface area contributed by atoms with Gasteiger partial charge in [-0.3, -0.25) is 4.79 Å². The van der Waals surface area contributed by atoms with Crippen molar-refractivity contribution in [2.24, 2.45) is 5.73 Å². The minimum Gasteiger partial charge on any atom is -0.479 e. The quantitative estimate of drug-likeness (QED) is 0.0562. The lowest BCUT2D eigenvalue weighted by molar-refractivity contribution is -0.271. The van der Waals surface area contributed by atoms with E-state index in [1.165, 1.54) is 6.07 Å². The van der Waals surface area contributed by atoms with Crippen LogP contribution in [0.2, 0.25) is 0 Å². The third kappa shape index (κ3) is 13.1. The van der Waals surface area contributed by atoms with Crippen molar-refractivity contribution >= 4 is 23.9 Å². The highest BCUT2D eigenvalue weighted by Gasteiger charge is 2.48. The van der Waals surface area contributed by atoms with Crippen molar-refractivity contribution in [2.45, 2.75) is 49.6 Å². The van der Waals surface area contributed by atoms with E-state index in [2.05, 4.69) is 16.6 Å². The van der Waals surface area contributed by atoms with Crippen LogP contribution in [0.3, 0.4) is 0 Å². The minimum atomic E-state index is -3.07. The molecule has 248 valence electrons. The molecule has 0 radical (unpaired) electrons. The number of anilines is 1. The number of halogens is 2. The number of benzene rings is 1. The molecule has 44 heavy (non-hydrogen) atoms. The molecule has 0 spiro atoms. The first kappa shape index (κ1) is 38.7. The van der Waals surface area contributed by atoms with Gasteiger partial charge < -0.3 is 65.3 Å². The number of hydrogen-bond donors (Lipinski definition) is 7. The summed E-state index contributed by atoms with van der Waals surface area (Å²) in [6, 6.07) is 2.63. The van der Waals surface area contributed by atoms with Crippen molar-refractivity contribution < 1.29 is 67.3 Å². The maximum absolute atomic E-state index is 13.6. The van der Waals surface area contributed by atoms with E-state index in [-0.39, 0.29) is 18.8 Å². The lowest BCUT2D eigenvalue weighted by atomic mass is 9.99. The zero-order chi connectivity index (χ0) is 33.1. The van der Waals surface area contributed by atoms with E-state index in [0.29, 0.717) is 45.7 Å². The normalized spacial score (nSPS) is 21.8. The first-order valence-corrected chi connectivity index (χ1v) is 13.3. The summed E-state index contributed by atoms with van der Waals surface area (Å²) < 4.78 is 52.2. The standard InChI is InChI=1S/C18H25F2N3O8.C9H14O4/c1-22-9(4-5-21)16(27)23-7-2-3-10(8(6-7)15(19)20)30-18-13(26)11(24)12(25)14(31-18)17(28)29;1-2-4-11-6-8-13-9-7-12-5-3-10/h2-3,6,9,11-15,18,22,24-26H,4-5,21H2,1H3,(H,23,27)(H,28,29);1,3H,4-9H2. The molecule has 0 saturated carbocycles. The summed E-state index contributed by atoms with van der Waals surface area (Å²) in [4.78, 5) is 33.2. The number of terminal acetylenes is 1. The van der Waals surface area contributed by atoms with Gasteiger partial charge in [-0.2, -0.15) is 0 Å². The monoisotopic (exact) mass is 635 g/mol. The number of aliphatic hydroxyl groups excluding tert-OH is 3. The van der Waals surface area contributed by atoms with Crippen molar-refractivity contribution in [3.8, 4) is 18.1 Å². The number of ether oxygens (including phenoxy) is 5. The van der Waals surface area contributed by atoms with E-state index in [4.69, 9.17) is 40.9 Å². The molecule has 0 aromatic heterocycles. The number of carbonyl (C=O) groups is 3. The number of carboxylic acids is 1. The molecule has 6 unspecified atom stereocenters. The number of rotatable bonds is 18. The number of aliphatic carboxylic acids is 1. The van der Waals surface area contributed by atoms with Gasteiger partial charge in [0.15, 0.2) is 6.10 Å². The molecule has 17 heteroatoms. The molecule has 1 aromatic carbocycles. The second-order valence-electron chi connectivity index (χ2n) is 8.92. The Kier molecular flexibility index (Phi) is 18.8. The topological polar surface area (TPSA) is 228 Å². The minimum absolute atomic E-state index is 0.0360. The fraction of sp³-hybridized carbons (Fsp3) is 0.593. The van der Waals surface area contributed by atoms with E-state index in [0.717, 1.165) is 12.1 Å². The van der Waals surface area contributed by atoms with Crippen LogP contribution in [0.5, 0.6) is 5.75 Å². The molecule has 0 aliphatic carbocycles. The zero-order valence-electron chi connectivity index (χ0n) is 24.0. The molecule has 1 amide bonds. The van der Waals surface area contributed by atoms with Crippen LogP contribution in [0, 0.1) is 12.3 Å². The smallest absolute Gasteiger partial charge is 0.335 e. The summed E-state index contributed by atoms with van der Waals surface area (Å²) >= 11 is 0. The molecule has 1 aromatic rings. The van der Waals surface area contributed by atoms with Gasteiger partial charge in [0.25, 0.3) is 6.43 Å². The molecule has 1 aliphatic heterocycles. The number of amides is 1. The lowest BCUT2D eigenvalue weighted by Crippen LogP contribution is -2.61. The number of likely N-dealkylation sites (N-methyl/N-ethyl adjacent to an activating group) is 1. The number of carbonyl (C=O) groups excluding carboxylic acids is 2. The van der Waals surface area contributed by atoms with E-state index in [9.17, 15) is 38.5 Å². The molecule has 2 rings (SSSR count). The van der Waals surface area contributed by atoms with Gasteiger partial charge in [-0.15, -0.1) is 6.42 Å². The molecule has 1 saturated heterocycles. The second kappa shape index (κ2) is 21.4. The number of nitrogens with one attached hydrogen (secondary N) is 2. The summed E-state index contributed by atoms with van der Waals surface area (Å²) in [5.41, 5.74) is 4.78. The summed E-state index contributed by atoms with van der Waals surface area (Å²) in [6.45, 7) is 2.53. The fourth-order valence-corrected chi connectivity index (χ4v) is 3.58. The fourth-order valence-electron chi connectivity index (χ4n) is 3.58. The second-order valence-corrected chi connectivity index (χ2v) is 8.92. The maximum atomic E-state index is 13.6. The van der Waals surface area contributed by atoms with Crippen LogP contribution in [0.1, 0.15) is 18.4 Å². The molecule has 6 atom stereocenters. The van der Waals surface area contributed by atoms with Crippen LogP contribution < -0.4 is 21.1 Å². The lowest BCUT2D eigenvalue weighted by Gasteiger charge is -2.38. The molecule has 0 bridgehead atoms. The van der Waals surface area contributed by atoms with Gasteiger partial charge in [-0.25, -0.2) is 13.6 Å². The number of aldehydes is 1. The Balaban J connectivity index is 0.000000627. The Morgan fingerprint density at radius 1 is 1.11 bits per heavy atom. The van der Waals surface area contributed by atoms with Crippen molar-refractivity contribution in [3.63, 3.8) is 0 Å². The number of carboxylic acid groups (broad SMARTS) is 1. The van der Waals surface area contributed by atoms with E-state index < -0.39 is 66.4 Å². The van der Waals surface area contributed by atoms with Gasteiger partial charge in [0.1, 0.15) is 43.6 Å². The molecular weight excluding hydrogens is 596 g/mol. The van der Waals surface area contributed by atoms with Crippen LogP contribution in [0.4, 0.5) is 14.5 Å². The summed E-state index contributed by atoms with van der Waals surface area (Å²) in [5.74, 6) is -0.264. The van der Waals surface area contributed by atoms with Gasteiger partial charge in [-0.05, 0) is 38.2 Å². The highest BCUT2D eigenvalue weighted by atomic mass is 19.3. The Hall–Kier alpha value is -3.31. The SMILES string of the molecule is C#CCOCCOCCOCC=O.CNC(CCN)C(=O)Nc1ccc(OC2OC(C(=O)O)C(O)C(O)C2O)c(C(F)F)c1. The third-order valence-electron chi connectivity index (χ3n) is 5.80. The molecule has 1 aliphatic rings. The Morgan fingerprint density at radius 2 is 1.77 bits per heavy atom. The maximum Gasteiger partial charge on any atom is 0.335 e. The molecule has 1 fully saturated rings. The van der Waals surface area contributed by atoms with Crippen LogP contribution in [0.15, 0.2) is 18.2 Å². The Morgan fingerprint density at radius 3 is 2.34 bits per heavy atom. The largest absolute Gasteiger partial charge is 0.479 e. The first-order chi connectivity index (χ1) is 21.0.